The number of aromatic nitrogens is 1. The van der Waals surface area contributed by atoms with Crippen molar-refractivity contribution in [1.29, 1.82) is 0 Å². The van der Waals surface area contributed by atoms with Gasteiger partial charge in [-0.2, -0.15) is 0 Å². The van der Waals surface area contributed by atoms with E-state index < -0.39 is 5.60 Å². The highest BCUT2D eigenvalue weighted by Gasteiger charge is 2.31. The second-order valence-electron chi connectivity index (χ2n) is 6.04. The number of hydrogen-bond acceptors (Lipinski definition) is 4. The SMILES string of the molecule is CCC(CNC(=O)c1cc(-c2ccccc2)on1)(OC)c1ccccc1. The minimum atomic E-state index is -0.580. The zero-order chi connectivity index (χ0) is 18.4. The zero-order valence-electron chi connectivity index (χ0n) is 14.9. The maximum Gasteiger partial charge on any atom is 0.273 e. The molecule has 26 heavy (non-hydrogen) atoms. The van der Waals surface area contributed by atoms with E-state index in [2.05, 4.69) is 10.5 Å². The summed E-state index contributed by atoms with van der Waals surface area (Å²) >= 11 is 0. The Morgan fingerprint density at radius 3 is 2.38 bits per heavy atom. The van der Waals surface area contributed by atoms with Crippen molar-refractivity contribution in [2.24, 2.45) is 0 Å². The molecule has 1 atom stereocenters. The molecule has 1 unspecified atom stereocenters. The smallest absolute Gasteiger partial charge is 0.273 e. The first-order valence-corrected chi connectivity index (χ1v) is 8.59. The predicted octanol–water partition coefficient (Wildman–Crippen LogP) is 4.02. The number of benzene rings is 2. The van der Waals surface area contributed by atoms with Crippen molar-refractivity contribution in [1.82, 2.24) is 10.5 Å². The van der Waals surface area contributed by atoms with Crippen LogP contribution in [0.15, 0.2) is 71.3 Å². The van der Waals surface area contributed by atoms with E-state index in [0.29, 0.717) is 12.3 Å². The average molecular weight is 350 g/mol. The van der Waals surface area contributed by atoms with Crippen molar-refractivity contribution < 1.29 is 14.1 Å². The molecule has 3 aromatic rings. The zero-order valence-corrected chi connectivity index (χ0v) is 14.9. The van der Waals surface area contributed by atoms with Gasteiger partial charge in [-0.05, 0) is 12.0 Å². The van der Waals surface area contributed by atoms with Crippen LogP contribution in [0.5, 0.6) is 0 Å². The lowest BCUT2D eigenvalue weighted by Gasteiger charge is -2.32. The van der Waals surface area contributed by atoms with E-state index in [9.17, 15) is 4.79 Å². The van der Waals surface area contributed by atoms with Crippen molar-refractivity contribution in [3.05, 3.63) is 78.0 Å². The van der Waals surface area contributed by atoms with Crippen LogP contribution in [-0.4, -0.2) is 24.7 Å². The number of nitrogens with one attached hydrogen (secondary N) is 1. The Morgan fingerprint density at radius 2 is 1.77 bits per heavy atom. The van der Waals surface area contributed by atoms with Crippen LogP contribution in [0.3, 0.4) is 0 Å². The fourth-order valence-corrected chi connectivity index (χ4v) is 2.94. The van der Waals surface area contributed by atoms with Crippen molar-refractivity contribution in [2.45, 2.75) is 18.9 Å². The van der Waals surface area contributed by atoms with Gasteiger partial charge in [0.05, 0.1) is 6.54 Å². The molecule has 0 saturated carbocycles. The third-order valence-corrected chi connectivity index (χ3v) is 4.60. The Hall–Kier alpha value is -2.92. The van der Waals surface area contributed by atoms with E-state index in [4.69, 9.17) is 9.26 Å². The van der Waals surface area contributed by atoms with Gasteiger partial charge in [0, 0.05) is 18.7 Å². The molecule has 5 nitrogen and oxygen atoms in total. The summed E-state index contributed by atoms with van der Waals surface area (Å²) in [4.78, 5) is 12.5. The normalized spacial score (nSPS) is 13.2. The Labute approximate surface area is 153 Å². The van der Waals surface area contributed by atoms with Crippen LogP contribution in [0, 0.1) is 0 Å². The Bertz CT molecular complexity index is 840. The Morgan fingerprint density at radius 1 is 1.12 bits per heavy atom. The number of ether oxygens (including phenoxy) is 1. The van der Waals surface area contributed by atoms with E-state index in [-0.39, 0.29) is 11.6 Å². The molecule has 0 radical (unpaired) electrons. The number of methoxy groups -OCH3 is 1. The molecule has 0 aliphatic heterocycles. The minimum absolute atomic E-state index is 0.248. The fraction of sp³-hybridized carbons (Fsp3) is 0.238. The summed E-state index contributed by atoms with van der Waals surface area (Å²) in [5, 5.41) is 6.81. The number of nitrogens with zero attached hydrogens (tertiary/aromatic N) is 1. The molecular formula is C21H22N2O3. The highest BCUT2D eigenvalue weighted by Crippen LogP contribution is 2.28. The molecule has 0 aliphatic rings. The minimum Gasteiger partial charge on any atom is -0.372 e. The van der Waals surface area contributed by atoms with E-state index in [1.807, 2.05) is 67.6 Å². The number of hydrogen-bond donors (Lipinski definition) is 1. The summed E-state index contributed by atoms with van der Waals surface area (Å²) in [7, 11) is 1.66. The van der Waals surface area contributed by atoms with Crippen molar-refractivity contribution in [3.8, 4) is 11.3 Å². The second kappa shape index (κ2) is 7.97. The quantitative estimate of drug-likeness (QED) is 0.699. The highest BCUT2D eigenvalue weighted by atomic mass is 16.5. The van der Waals surface area contributed by atoms with Crippen molar-refractivity contribution in [2.75, 3.05) is 13.7 Å². The van der Waals surface area contributed by atoms with Gasteiger partial charge in [-0.25, -0.2) is 0 Å². The molecule has 0 saturated heterocycles. The van der Waals surface area contributed by atoms with Gasteiger partial charge in [-0.1, -0.05) is 72.7 Å². The number of carbonyl (C=O) groups is 1. The molecule has 0 bridgehead atoms. The van der Waals surface area contributed by atoms with Crippen LogP contribution in [0.4, 0.5) is 0 Å². The standard InChI is InChI=1S/C21H22N2O3/c1-3-21(25-2,17-12-8-5-9-13-17)15-22-20(24)18-14-19(26-23-18)16-10-6-4-7-11-16/h4-14H,3,15H2,1-2H3,(H,22,24). The largest absolute Gasteiger partial charge is 0.372 e. The number of carbonyl (C=O) groups excluding carboxylic acids is 1. The van der Waals surface area contributed by atoms with Gasteiger partial charge in [0.1, 0.15) is 5.60 Å². The molecule has 0 fully saturated rings. The summed E-state index contributed by atoms with van der Waals surface area (Å²) < 4.78 is 11.1. The molecule has 0 aliphatic carbocycles. The Balaban J connectivity index is 1.73. The molecule has 1 amide bonds. The third kappa shape index (κ3) is 3.68. The maximum absolute atomic E-state index is 12.5. The lowest BCUT2D eigenvalue weighted by Crippen LogP contribution is -2.42. The van der Waals surface area contributed by atoms with Gasteiger partial charge in [0.2, 0.25) is 0 Å². The third-order valence-electron chi connectivity index (χ3n) is 4.60. The van der Waals surface area contributed by atoms with E-state index in [0.717, 1.165) is 17.5 Å². The average Bonchev–Trinajstić information content (AvgIpc) is 3.21. The van der Waals surface area contributed by atoms with Crippen LogP contribution in [0.2, 0.25) is 0 Å². The Kier molecular flexibility index (Phi) is 5.49. The molecule has 3 rings (SSSR count). The summed E-state index contributed by atoms with van der Waals surface area (Å²) in [5.41, 5.74) is 1.57. The lowest BCUT2D eigenvalue weighted by atomic mass is 9.90. The van der Waals surface area contributed by atoms with Gasteiger partial charge in [-0.3, -0.25) is 4.79 Å². The number of amides is 1. The van der Waals surface area contributed by atoms with E-state index in [1.54, 1.807) is 13.2 Å². The highest BCUT2D eigenvalue weighted by molar-refractivity contribution is 5.93. The van der Waals surface area contributed by atoms with Crippen molar-refractivity contribution in [3.63, 3.8) is 0 Å². The van der Waals surface area contributed by atoms with Crippen molar-refractivity contribution >= 4 is 5.91 Å². The predicted molar refractivity (Wildman–Crippen MR) is 99.7 cm³/mol. The summed E-state index contributed by atoms with van der Waals surface area (Å²) in [6.07, 6.45) is 0.724. The number of rotatable bonds is 7. The molecule has 1 N–H and O–H groups in total. The molecule has 5 heteroatoms. The molecule has 0 spiro atoms. The van der Waals surface area contributed by atoms with Crippen LogP contribution < -0.4 is 5.32 Å². The summed E-state index contributed by atoms with van der Waals surface area (Å²) in [6, 6.07) is 21.1. The molecular weight excluding hydrogens is 328 g/mol. The van der Waals surface area contributed by atoms with Gasteiger partial charge >= 0.3 is 0 Å². The molecule has 1 aromatic heterocycles. The van der Waals surface area contributed by atoms with Gasteiger partial charge < -0.3 is 14.6 Å². The van der Waals surface area contributed by atoms with Crippen LogP contribution >= 0.6 is 0 Å². The first kappa shape index (κ1) is 17.9. The summed E-state index contributed by atoms with van der Waals surface area (Å²) in [6.45, 7) is 2.38. The first-order valence-electron chi connectivity index (χ1n) is 8.59. The molecule has 134 valence electrons. The van der Waals surface area contributed by atoms with Crippen LogP contribution in [-0.2, 0) is 10.3 Å². The monoisotopic (exact) mass is 350 g/mol. The topological polar surface area (TPSA) is 64.4 Å². The van der Waals surface area contributed by atoms with E-state index >= 15 is 0 Å². The van der Waals surface area contributed by atoms with E-state index in [1.165, 1.54) is 0 Å². The summed E-state index contributed by atoms with van der Waals surface area (Å²) in [5.74, 6) is 0.272. The van der Waals surface area contributed by atoms with Gasteiger partial charge in [-0.15, -0.1) is 0 Å². The first-order chi connectivity index (χ1) is 12.7. The molecule has 2 aromatic carbocycles. The maximum atomic E-state index is 12.5. The fourth-order valence-electron chi connectivity index (χ4n) is 2.94. The second-order valence-corrected chi connectivity index (χ2v) is 6.04. The molecule has 1 heterocycles. The van der Waals surface area contributed by atoms with Gasteiger partial charge in [0.15, 0.2) is 11.5 Å². The van der Waals surface area contributed by atoms with Crippen LogP contribution in [0.1, 0.15) is 29.4 Å². The van der Waals surface area contributed by atoms with Crippen LogP contribution in [0.25, 0.3) is 11.3 Å². The van der Waals surface area contributed by atoms with Gasteiger partial charge in [0.25, 0.3) is 5.91 Å². The lowest BCUT2D eigenvalue weighted by molar-refractivity contribution is -0.0164.